The lowest BCUT2D eigenvalue weighted by molar-refractivity contribution is -0.137. The standard InChI is InChI=1S/C25H30N2O5/c1-15(2)11-14-32-17-9-7-16(8-10-17)20-21-18(5-4-6-19(21)28)27-13-12-26-24(29)23(27)22(20)25(30)31-3/h7-10,15,20H,4-6,11-14H2,1-3H3,(H,26,29)/t20-/m0/s1. The lowest BCUT2D eigenvalue weighted by Crippen LogP contribution is -2.50. The normalized spacial score (nSPS) is 20.8. The molecule has 1 aromatic rings. The fourth-order valence-electron chi connectivity index (χ4n) is 4.70. The highest BCUT2D eigenvalue weighted by Crippen LogP contribution is 2.47. The van der Waals surface area contributed by atoms with Gasteiger partial charge in [-0.2, -0.15) is 0 Å². The maximum atomic E-state index is 13.1. The van der Waals surface area contributed by atoms with Crippen LogP contribution in [0.3, 0.4) is 0 Å². The summed E-state index contributed by atoms with van der Waals surface area (Å²) in [6.45, 7) is 5.92. The van der Waals surface area contributed by atoms with Gasteiger partial charge in [-0.1, -0.05) is 26.0 Å². The Bertz CT molecular complexity index is 990. The molecule has 170 valence electrons. The zero-order valence-electron chi connectivity index (χ0n) is 18.9. The summed E-state index contributed by atoms with van der Waals surface area (Å²) in [4.78, 5) is 40.8. The van der Waals surface area contributed by atoms with Crippen molar-refractivity contribution >= 4 is 17.7 Å². The molecule has 1 fully saturated rings. The second-order valence-electron chi connectivity index (χ2n) is 8.83. The Hall–Kier alpha value is -3.09. The van der Waals surface area contributed by atoms with Crippen molar-refractivity contribution in [3.05, 3.63) is 52.4 Å². The Labute approximate surface area is 188 Å². The highest BCUT2D eigenvalue weighted by molar-refractivity contribution is 6.09. The largest absolute Gasteiger partial charge is 0.494 e. The van der Waals surface area contributed by atoms with E-state index in [-0.39, 0.29) is 17.3 Å². The van der Waals surface area contributed by atoms with Gasteiger partial charge in [0.1, 0.15) is 11.4 Å². The molecule has 2 heterocycles. The molecule has 1 N–H and O–H groups in total. The van der Waals surface area contributed by atoms with Gasteiger partial charge in [-0.05, 0) is 42.9 Å². The molecule has 1 atom stereocenters. The van der Waals surface area contributed by atoms with Gasteiger partial charge < -0.3 is 19.7 Å². The van der Waals surface area contributed by atoms with Crippen LogP contribution in [0.4, 0.5) is 0 Å². The summed E-state index contributed by atoms with van der Waals surface area (Å²) in [5, 5.41) is 2.84. The van der Waals surface area contributed by atoms with Crippen LogP contribution < -0.4 is 10.1 Å². The summed E-state index contributed by atoms with van der Waals surface area (Å²) in [6, 6.07) is 7.47. The molecule has 1 aliphatic carbocycles. The Balaban J connectivity index is 1.79. The smallest absolute Gasteiger partial charge is 0.337 e. The first-order chi connectivity index (χ1) is 15.4. The van der Waals surface area contributed by atoms with Crippen LogP contribution in [-0.2, 0) is 19.1 Å². The minimum absolute atomic E-state index is 0.0277. The average molecular weight is 439 g/mol. The highest BCUT2D eigenvalue weighted by atomic mass is 16.5. The lowest BCUT2D eigenvalue weighted by Gasteiger charge is -2.43. The summed E-state index contributed by atoms with van der Waals surface area (Å²) in [5.74, 6) is -0.212. The van der Waals surface area contributed by atoms with E-state index in [0.29, 0.717) is 49.7 Å². The first-order valence-electron chi connectivity index (χ1n) is 11.3. The number of carbonyl (C=O) groups excluding carboxylic acids is 3. The highest BCUT2D eigenvalue weighted by Gasteiger charge is 2.45. The SMILES string of the molecule is COC(=O)C1=C2C(=O)NCCN2C2=C(C(=O)CCC2)[C@@H]1c1ccc(OCCC(C)C)cc1. The van der Waals surface area contributed by atoms with Crippen molar-refractivity contribution in [3.63, 3.8) is 0 Å². The quantitative estimate of drug-likeness (QED) is 0.687. The van der Waals surface area contributed by atoms with Crippen LogP contribution in [0.1, 0.15) is 51.0 Å². The van der Waals surface area contributed by atoms with Gasteiger partial charge in [0.2, 0.25) is 0 Å². The number of methoxy groups -OCH3 is 1. The molecule has 0 bridgehead atoms. The number of Topliss-reactive ketones (excluding diaryl/α,β-unsaturated/α-hetero) is 1. The minimum atomic E-state index is -0.634. The Morgan fingerprint density at radius 2 is 1.94 bits per heavy atom. The average Bonchev–Trinajstić information content (AvgIpc) is 2.78. The molecule has 0 saturated carbocycles. The molecule has 7 nitrogen and oxygen atoms in total. The number of hydrogen-bond acceptors (Lipinski definition) is 6. The van der Waals surface area contributed by atoms with E-state index in [1.807, 2.05) is 29.2 Å². The lowest BCUT2D eigenvalue weighted by atomic mass is 9.74. The van der Waals surface area contributed by atoms with Gasteiger partial charge in [-0.15, -0.1) is 0 Å². The van der Waals surface area contributed by atoms with Crippen molar-refractivity contribution < 1.29 is 23.9 Å². The number of carbonyl (C=O) groups is 3. The van der Waals surface area contributed by atoms with Crippen LogP contribution in [0.15, 0.2) is 46.8 Å². The molecule has 7 heteroatoms. The number of rotatable bonds is 6. The van der Waals surface area contributed by atoms with E-state index in [1.165, 1.54) is 7.11 Å². The summed E-state index contributed by atoms with van der Waals surface area (Å²) >= 11 is 0. The van der Waals surface area contributed by atoms with E-state index in [4.69, 9.17) is 9.47 Å². The van der Waals surface area contributed by atoms with Gasteiger partial charge in [0, 0.05) is 36.7 Å². The van der Waals surface area contributed by atoms with E-state index >= 15 is 0 Å². The van der Waals surface area contributed by atoms with Crippen LogP contribution >= 0.6 is 0 Å². The molecular weight excluding hydrogens is 408 g/mol. The summed E-state index contributed by atoms with van der Waals surface area (Å²) < 4.78 is 10.9. The molecular formula is C25H30N2O5. The third-order valence-electron chi connectivity index (χ3n) is 6.28. The molecule has 1 amide bonds. The number of ketones is 1. The third-order valence-corrected chi connectivity index (χ3v) is 6.28. The first kappa shape index (κ1) is 22.1. The van der Waals surface area contributed by atoms with Crippen LogP contribution in [-0.4, -0.2) is 49.4 Å². The van der Waals surface area contributed by atoms with Gasteiger partial charge in [-0.25, -0.2) is 4.79 Å². The zero-order valence-corrected chi connectivity index (χ0v) is 18.9. The molecule has 0 aromatic heterocycles. The third kappa shape index (κ3) is 4.04. The van der Waals surface area contributed by atoms with Crippen molar-refractivity contribution in [1.82, 2.24) is 10.2 Å². The number of nitrogens with zero attached hydrogens (tertiary/aromatic N) is 1. The number of hydrogen-bond donors (Lipinski definition) is 1. The van der Waals surface area contributed by atoms with Crippen LogP contribution in [0, 0.1) is 5.92 Å². The van der Waals surface area contributed by atoms with Gasteiger partial charge in [0.15, 0.2) is 5.78 Å². The maximum Gasteiger partial charge on any atom is 0.337 e. The van der Waals surface area contributed by atoms with Gasteiger partial charge >= 0.3 is 5.97 Å². The predicted molar refractivity (Wildman–Crippen MR) is 119 cm³/mol. The van der Waals surface area contributed by atoms with Crippen molar-refractivity contribution in [2.45, 2.75) is 45.4 Å². The molecule has 4 rings (SSSR count). The molecule has 0 spiro atoms. The molecule has 2 aliphatic heterocycles. The summed E-state index contributed by atoms with van der Waals surface area (Å²) in [5.41, 5.74) is 2.78. The first-order valence-corrected chi connectivity index (χ1v) is 11.3. The number of fused-ring (bicyclic) bond motifs is 2. The van der Waals surface area contributed by atoms with E-state index < -0.39 is 11.9 Å². The number of benzene rings is 1. The van der Waals surface area contributed by atoms with Gasteiger partial charge in [0.05, 0.1) is 19.3 Å². The van der Waals surface area contributed by atoms with Gasteiger partial charge in [-0.3, -0.25) is 9.59 Å². The van der Waals surface area contributed by atoms with E-state index in [1.54, 1.807) is 0 Å². The van der Waals surface area contributed by atoms with E-state index in [0.717, 1.165) is 29.9 Å². The molecule has 0 unspecified atom stereocenters. The van der Waals surface area contributed by atoms with E-state index in [9.17, 15) is 14.4 Å². The fraction of sp³-hybridized carbons (Fsp3) is 0.480. The molecule has 1 aromatic carbocycles. The Morgan fingerprint density at radius 3 is 2.62 bits per heavy atom. The number of nitrogens with one attached hydrogen (secondary N) is 1. The number of ether oxygens (including phenoxy) is 2. The maximum absolute atomic E-state index is 13.1. The second-order valence-corrected chi connectivity index (χ2v) is 8.83. The molecule has 3 aliphatic rings. The number of piperazine rings is 1. The van der Waals surface area contributed by atoms with Gasteiger partial charge in [0.25, 0.3) is 5.91 Å². The molecule has 32 heavy (non-hydrogen) atoms. The number of amides is 1. The van der Waals surface area contributed by atoms with Crippen molar-refractivity contribution in [2.24, 2.45) is 5.92 Å². The molecule has 0 radical (unpaired) electrons. The van der Waals surface area contributed by atoms with Crippen molar-refractivity contribution in [2.75, 3.05) is 26.8 Å². The zero-order chi connectivity index (χ0) is 22.8. The van der Waals surface area contributed by atoms with Crippen LogP contribution in [0.5, 0.6) is 5.75 Å². The fourth-order valence-corrected chi connectivity index (χ4v) is 4.70. The Morgan fingerprint density at radius 1 is 1.19 bits per heavy atom. The van der Waals surface area contributed by atoms with Crippen molar-refractivity contribution in [3.8, 4) is 5.75 Å². The number of esters is 1. The second kappa shape index (κ2) is 9.18. The Kier molecular flexibility index (Phi) is 6.35. The van der Waals surface area contributed by atoms with E-state index in [2.05, 4.69) is 19.2 Å². The minimum Gasteiger partial charge on any atom is -0.494 e. The topological polar surface area (TPSA) is 84.9 Å². The predicted octanol–water partition coefficient (Wildman–Crippen LogP) is 3.07. The summed E-state index contributed by atoms with van der Waals surface area (Å²) in [7, 11) is 1.30. The van der Waals surface area contributed by atoms with Crippen LogP contribution in [0.25, 0.3) is 0 Å². The molecule has 1 saturated heterocycles. The van der Waals surface area contributed by atoms with Crippen molar-refractivity contribution in [1.29, 1.82) is 0 Å². The van der Waals surface area contributed by atoms with Crippen LogP contribution in [0.2, 0.25) is 0 Å². The summed E-state index contributed by atoms with van der Waals surface area (Å²) in [6.07, 6.45) is 2.85. The number of allylic oxidation sites excluding steroid dienone is 2. The monoisotopic (exact) mass is 438 g/mol.